The highest BCUT2D eigenvalue weighted by Crippen LogP contribution is 2.44. The summed E-state index contributed by atoms with van der Waals surface area (Å²) in [6.45, 7) is 3.82. The van der Waals surface area contributed by atoms with Crippen LogP contribution in [0, 0.1) is 17.8 Å². The molecular formula is C25H31NO2. The highest BCUT2D eigenvalue weighted by atomic mass is 16.3. The van der Waals surface area contributed by atoms with E-state index in [1.807, 2.05) is 6.08 Å². The number of aliphatic hydroxyl groups is 1. The van der Waals surface area contributed by atoms with Crippen molar-refractivity contribution in [2.24, 2.45) is 22.7 Å². The number of rotatable bonds is 5. The zero-order valence-electron chi connectivity index (χ0n) is 17.1. The molecule has 4 rings (SSSR count). The number of allylic oxidation sites excluding steroid dienone is 8. The number of Topliss-reactive ketones (excluding diaryl/α,β-unsaturated/α-hetero) is 1. The van der Waals surface area contributed by atoms with Gasteiger partial charge >= 0.3 is 0 Å². The van der Waals surface area contributed by atoms with Crippen LogP contribution in [0.5, 0.6) is 0 Å². The average Bonchev–Trinajstić information content (AvgIpc) is 3.29. The number of hydrogen-bond acceptors (Lipinski definition) is 3. The third-order valence-electron chi connectivity index (χ3n) is 6.87. The van der Waals surface area contributed by atoms with Crippen molar-refractivity contribution in [1.82, 2.24) is 0 Å². The molecule has 0 spiro atoms. The van der Waals surface area contributed by atoms with Gasteiger partial charge in [0.15, 0.2) is 5.78 Å². The fourth-order valence-corrected chi connectivity index (χ4v) is 5.20. The van der Waals surface area contributed by atoms with E-state index in [-0.39, 0.29) is 11.7 Å². The van der Waals surface area contributed by atoms with Gasteiger partial charge in [-0.1, -0.05) is 49.8 Å². The first-order valence-electron chi connectivity index (χ1n) is 10.8. The van der Waals surface area contributed by atoms with Crippen LogP contribution in [0.3, 0.4) is 0 Å². The van der Waals surface area contributed by atoms with Gasteiger partial charge in [-0.25, -0.2) is 0 Å². The van der Waals surface area contributed by atoms with Crippen molar-refractivity contribution in [2.45, 2.75) is 65.2 Å². The zero-order valence-corrected chi connectivity index (χ0v) is 17.1. The fourth-order valence-electron chi connectivity index (χ4n) is 5.20. The number of nitrogens with zero attached hydrogens (tertiary/aromatic N) is 1. The lowest BCUT2D eigenvalue weighted by molar-refractivity contribution is -0.113. The quantitative estimate of drug-likeness (QED) is 0.623. The summed E-state index contributed by atoms with van der Waals surface area (Å²) in [5.74, 6) is 1.88. The first kappa shape index (κ1) is 19.2. The van der Waals surface area contributed by atoms with Gasteiger partial charge in [0.2, 0.25) is 0 Å². The molecule has 0 saturated heterocycles. The molecule has 2 unspecified atom stereocenters. The lowest BCUT2D eigenvalue weighted by atomic mass is 9.78. The van der Waals surface area contributed by atoms with E-state index in [0.29, 0.717) is 11.7 Å². The fraction of sp³-hybridized carbons (Fsp3) is 0.520. The van der Waals surface area contributed by atoms with Crippen LogP contribution in [0.4, 0.5) is 0 Å². The molecule has 0 amide bonds. The number of aliphatic imine (C=N–C) groups is 1. The molecule has 1 N–H and O–H groups in total. The minimum atomic E-state index is 0.166. The molecule has 3 nitrogen and oxygen atoms in total. The van der Waals surface area contributed by atoms with Crippen molar-refractivity contribution < 1.29 is 9.90 Å². The van der Waals surface area contributed by atoms with E-state index < -0.39 is 0 Å². The molecule has 1 saturated carbocycles. The topological polar surface area (TPSA) is 49.7 Å². The molecule has 4 aliphatic rings. The zero-order chi connectivity index (χ0) is 19.7. The second kappa shape index (κ2) is 8.06. The van der Waals surface area contributed by atoms with Gasteiger partial charge in [0.05, 0.1) is 5.70 Å². The van der Waals surface area contributed by atoms with Crippen molar-refractivity contribution >= 4 is 11.5 Å². The molecular weight excluding hydrogens is 346 g/mol. The third-order valence-corrected chi connectivity index (χ3v) is 6.87. The highest BCUT2D eigenvalue weighted by molar-refractivity contribution is 5.99. The number of carbonyl (C=O) groups excluding carboxylic acids is 1. The van der Waals surface area contributed by atoms with Crippen molar-refractivity contribution in [1.29, 1.82) is 0 Å². The van der Waals surface area contributed by atoms with Crippen molar-refractivity contribution in [2.75, 3.05) is 0 Å². The minimum Gasteiger partial charge on any atom is -0.508 e. The normalized spacial score (nSPS) is 28.2. The predicted octanol–water partition coefficient (Wildman–Crippen LogP) is 6.17. The Balaban J connectivity index is 1.55. The molecule has 148 valence electrons. The largest absolute Gasteiger partial charge is 0.508 e. The molecule has 3 heteroatoms. The average molecular weight is 378 g/mol. The van der Waals surface area contributed by atoms with E-state index in [4.69, 9.17) is 4.99 Å². The second-order valence-electron chi connectivity index (χ2n) is 8.77. The van der Waals surface area contributed by atoms with Crippen LogP contribution in [0.1, 0.15) is 65.2 Å². The van der Waals surface area contributed by atoms with Gasteiger partial charge in [-0.2, -0.15) is 0 Å². The smallest absolute Gasteiger partial charge is 0.159 e. The molecule has 1 fully saturated rings. The Morgan fingerprint density at radius 3 is 2.68 bits per heavy atom. The monoisotopic (exact) mass is 377 g/mol. The molecule has 1 heterocycles. The Bertz CT molecular complexity index is 844. The van der Waals surface area contributed by atoms with Crippen LogP contribution in [-0.4, -0.2) is 16.6 Å². The van der Waals surface area contributed by atoms with Crippen molar-refractivity contribution in [3.8, 4) is 0 Å². The molecule has 0 radical (unpaired) electrons. The first-order chi connectivity index (χ1) is 13.5. The minimum absolute atomic E-state index is 0.166. The van der Waals surface area contributed by atoms with E-state index in [9.17, 15) is 9.90 Å². The lowest BCUT2D eigenvalue weighted by Crippen LogP contribution is -2.15. The SMILES string of the molecule is CC(=O)C1=C(C)C(CC2CCCCC2)C(C2=CCC(C3C=CC(O)=CC3)=N2)=C1. The van der Waals surface area contributed by atoms with E-state index >= 15 is 0 Å². The maximum atomic E-state index is 12.2. The maximum Gasteiger partial charge on any atom is 0.159 e. The molecule has 0 aromatic rings. The lowest BCUT2D eigenvalue weighted by Gasteiger charge is -2.27. The third kappa shape index (κ3) is 3.85. The van der Waals surface area contributed by atoms with Crippen LogP contribution in [0.2, 0.25) is 0 Å². The first-order valence-corrected chi connectivity index (χ1v) is 10.8. The van der Waals surface area contributed by atoms with Crippen LogP contribution in [0.15, 0.2) is 63.5 Å². The Hall–Kier alpha value is -2.16. The summed E-state index contributed by atoms with van der Waals surface area (Å²) in [6.07, 6.45) is 19.6. The van der Waals surface area contributed by atoms with Gasteiger partial charge < -0.3 is 5.11 Å². The van der Waals surface area contributed by atoms with Gasteiger partial charge in [0, 0.05) is 29.5 Å². The number of ketones is 1. The molecule has 0 bridgehead atoms. The Morgan fingerprint density at radius 2 is 2.00 bits per heavy atom. The van der Waals surface area contributed by atoms with Gasteiger partial charge in [0.25, 0.3) is 0 Å². The van der Waals surface area contributed by atoms with E-state index in [2.05, 4.69) is 25.2 Å². The van der Waals surface area contributed by atoms with Crippen molar-refractivity contribution in [3.05, 3.63) is 58.6 Å². The van der Waals surface area contributed by atoms with Gasteiger partial charge in [-0.3, -0.25) is 9.79 Å². The van der Waals surface area contributed by atoms with E-state index in [1.165, 1.54) is 49.0 Å². The summed E-state index contributed by atoms with van der Waals surface area (Å²) in [4.78, 5) is 17.2. The molecule has 0 aromatic carbocycles. The summed E-state index contributed by atoms with van der Waals surface area (Å²) in [5, 5.41) is 9.57. The number of carbonyl (C=O) groups is 1. The van der Waals surface area contributed by atoms with E-state index in [1.54, 1.807) is 13.0 Å². The summed E-state index contributed by atoms with van der Waals surface area (Å²) in [5.41, 5.74) is 5.62. The highest BCUT2D eigenvalue weighted by Gasteiger charge is 2.33. The summed E-state index contributed by atoms with van der Waals surface area (Å²) < 4.78 is 0. The second-order valence-corrected chi connectivity index (χ2v) is 8.77. The molecule has 3 aliphatic carbocycles. The Labute approximate surface area is 168 Å². The van der Waals surface area contributed by atoms with Crippen LogP contribution in [0.25, 0.3) is 0 Å². The Morgan fingerprint density at radius 1 is 1.21 bits per heavy atom. The number of aliphatic hydroxyl groups excluding tert-OH is 1. The van der Waals surface area contributed by atoms with Crippen LogP contribution in [-0.2, 0) is 4.79 Å². The predicted molar refractivity (Wildman–Crippen MR) is 114 cm³/mol. The Kier molecular flexibility index (Phi) is 5.52. The molecule has 28 heavy (non-hydrogen) atoms. The maximum absolute atomic E-state index is 12.2. The summed E-state index contributed by atoms with van der Waals surface area (Å²) in [6, 6.07) is 0. The van der Waals surface area contributed by atoms with Crippen molar-refractivity contribution in [3.63, 3.8) is 0 Å². The molecule has 2 atom stereocenters. The van der Waals surface area contributed by atoms with Gasteiger partial charge in [-0.15, -0.1) is 0 Å². The van der Waals surface area contributed by atoms with Crippen LogP contribution >= 0.6 is 0 Å². The van der Waals surface area contributed by atoms with Gasteiger partial charge in [0.1, 0.15) is 5.76 Å². The summed E-state index contributed by atoms with van der Waals surface area (Å²) in [7, 11) is 0. The standard InChI is InChI=1S/C25H31NO2/c1-16-21(17(2)27)15-23(22(16)14-18-6-4-3-5-7-18)25-13-12-24(26-25)19-8-10-20(28)11-9-19/h8,10-11,13,15,18-19,22,28H,3-7,9,12,14H2,1-2H3. The molecule has 1 aliphatic heterocycles. The number of hydrogen-bond donors (Lipinski definition) is 1. The van der Waals surface area contributed by atoms with Crippen LogP contribution < -0.4 is 0 Å². The molecule has 0 aromatic heterocycles. The van der Waals surface area contributed by atoms with Gasteiger partial charge in [-0.05, 0) is 56.4 Å². The summed E-state index contributed by atoms with van der Waals surface area (Å²) >= 11 is 0. The van der Waals surface area contributed by atoms with E-state index in [0.717, 1.165) is 36.5 Å².